The summed E-state index contributed by atoms with van der Waals surface area (Å²) in [6, 6.07) is 3.86. The molecular weight excluding hydrogens is 370 g/mol. The van der Waals surface area contributed by atoms with Crippen molar-refractivity contribution in [3.63, 3.8) is 0 Å². The minimum atomic E-state index is -1.61. The SMILES string of the molecule is CCOC(=O)CC1=NC(C)(C(=O)O)C(CCc2cccs2)=C1C(=O)OCC. The third kappa shape index (κ3) is 4.63. The number of aliphatic carboxylic acids is 1. The normalized spacial score (nSPS) is 19.0. The number of ether oxygens (including phenoxy) is 2. The third-order valence-electron chi connectivity index (χ3n) is 4.25. The number of carbonyl (C=O) groups excluding carboxylic acids is 2. The zero-order valence-electron chi connectivity index (χ0n) is 15.6. The second-order valence-electron chi connectivity index (χ2n) is 6.07. The molecule has 146 valence electrons. The average Bonchev–Trinajstić information content (AvgIpc) is 3.20. The van der Waals surface area contributed by atoms with Gasteiger partial charge in [0.15, 0.2) is 5.54 Å². The molecule has 1 unspecified atom stereocenters. The number of hydrogen-bond acceptors (Lipinski definition) is 7. The van der Waals surface area contributed by atoms with Crippen molar-refractivity contribution in [3.8, 4) is 0 Å². The quantitative estimate of drug-likeness (QED) is 0.647. The number of carbonyl (C=O) groups is 3. The zero-order chi connectivity index (χ0) is 20.0. The van der Waals surface area contributed by atoms with Gasteiger partial charge in [-0.2, -0.15) is 0 Å². The van der Waals surface area contributed by atoms with Crippen LogP contribution in [0.3, 0.4) is 0 Å². The Morgan fingerprint density at radius 1 is 1.19 bits per heavy atom. The summed E-state index contributed by atoms with van der Waals surface area (Å²) in [4.78, 5) is 41.8. The molecule has 2 heterocycles. The van der Waals surface area contributed by atoms with E-state index in [9.17, 15) is 19.5 Å². The molecule has 0 aliphatic carbocycles. The van der Waals surface area contributed by atoms with Crippen LogP contribution in [-0.4, -0.2) is 47.5 Å². The Morgan fingerprint density at radius 2 is 1.89 bits per heavy atom. The molecule has 1 N–H and O–H groups in total. The smallest absolute Gasteiger partial charge is 0.340 e. The van der Waals surface area contributed by atoms with Crippen molar-refractivity contribution in [2.24, 2.45) is 4.99 Å². The summed E-state index contributed by atoms with van der Waals surface area (Å²) in [5.41, 5.74) is -1.05. The number of carboxylic acid groups (broad SMARTS) is 1. The molecule has 0 saturated carbocycles. The molecule has 1 aromatic heterocycles. The summed E-state index contributed by atoms with van der Waals surface area (Å²) in [7, 11) is 0. The fraction of sp³-hybridized carbons (Fsp3) is 0.474. The van der Waals surface area contributed by atoms with Crippen LogP contribution in [0, 0.1) is 0 Å². The van der Waals surface area contributed by atoms with E-state index in [4.69, 9.17) is 9.47 Å². The fourth-order valence-corrected chi connectivity index (χ4v) is 3.69. The molecule has 0 bridgehead atoms. The van der Waals surface area contributed by atoms with Gasteiger partial charge in [-0.25, -0.2) is 9.59 Å². The highest BCUT2D eigenvalue weighted by Gasteiger charge is 2.46. The van der Waals surface area contributed by atoms with Gasteiger partial charge in [0.05, 0.1) is 30.9 Å². The Labute approximate surface area is 161 Å². The van der Waals surface area contributed by atoms with Crippen LogP contribution in [0.25, 0.3) is 0 Å². The van der Waals surface area contributed by atoms with Gasteiger partial charge >= 0.3 is 17.9 Å². The predicted molar refractivity (Wildman–Crippen MR) is 101 cm³/mol. The Morgan fingerprint density at radius 3 is 2.44 bits per heavy atom. The molecule has 1 aromatic rings. The molecule has 1 aliphatic rings. The van der Waals surface area contributed by atoms with Crippen LogP contribution < -0.4 is 0 Å². The van der Waals surface area contributed by atoms with Crippen molar-refractivity contribution < 1.29 is 29.0 Å². The van der Waals surface area contributed by atoms with Crippen molar-refractivity contribution in [2.45, 2.75) is 45.6 Å². The van der Waals surface area contributed by atoms with Crippen LogP contribution in [0.1, 0.15) is 38.5 Å². The Bertz CT molecular complexity index is 780. The molecule has 7 nitrogen and oxygen atoms in total. The first kappa shape index (κ1) is 20.8. The first-order valence-corrected chi connectivity index (χ1v) is 9.62. The second kappa shape index (κ2) is 8.94. The number of esters is 2. The lowest BCUT2D eigenvalue weighted by Crippen LogP contribution is -2.34. The van der Waals surface area contributed by atoms with Crippen LogP contribution in [0.2, 0.25) is 0 Å². The molecule has 0 amide bonds. The Kier molecular flexibility index (Phi) is 6.90. The minimum Gasteiger partial charge on any atom is -0.479 e. The standard InChI is InChI=1S/C19H23NO6S/c1-4-25-15(21)11-14-16(17(22)26-5-2)13(19(3,20-14)18(23)24)9-8-12-7-6-10-27-12/h6-7,10H,4-5,8-9,11H2,1-3H3,(H,23,24). The van der Waals surface area contributed by atoms with Gasteiger partial charge in [-0.1, -0.05) is 6.07 Å². The van der Waals surface area contributed by atoms with E-state index in [1.54, 1.807) is 25.2 Å². The lowest BCUT2D eigenvalue weighted by molar-refractivity contribution is -0.142. The highest BCUT2D eigenvalue weighted by molar-refractivity contribution is 7.09. The molecule has 0 radical (unpaired) electrons. The molecule has 1 atom stereocenters. The topological polar surface area (TPSA) is 102 Å². The Balaban J connectivity index is 2.45. The van der Waals surface area contributed by atoms with Crippen molar-refractivity contribution in [1.29, 1.82) is 0 Å². The first-order valence-electron chi connectivity index (χ1n) is 8.74. The fourth-order valence-electron chi connectivity index (χ4n) is 2.98. The molecule has 0 spiro atoms. The summed E-state index contributed by atoms with van der Waals surface area (Å²) >= 11 is 1.56. The second-order valence-corrected chi connectivity index (χ2v) is 7.10. The molecule has 8 heteroatoms. The number of carboxylic acids is 1. The van der Waals surface area contributed by atoms with Crippen LogP contribution in [0.5, 0.6) is 0 Å². The van der Waals surface area contributed by atoms with Gasteiger partial charge in [0.1, 0.15) is 0 Å². The number of thiophene rings is 1. The zero-order valence-corrected chi connectivity index (χ0v) is 16.4. The summed E-state index contributed by atoms with van der Waals surface area (Å²) in [5, 5.41) is 11.7. The van der Waals surface area contributed by atoms with Gasteiger partial charge in [-0.3, -0.25) is 9.79 Å². The van der Waals surface area contributed by atoms with E-state index in [-0.39, 0.29) is 30.9 Å². The molecular formula is C19H23NO6S. The maximum Gasteiger partial charge on any atom is 0.340 e. The van der Waals surface area contributed by atoms with Crippen molar-refractivity contribution in [1.82, 2.24) is 0 Å². The molecule has 2 rings (SSSR count). The lowest BCUT2D eigenvalue weighted by Gasteiger charge is -2.20. The van der Waals surface area contributed by atoms with Gasteiger partial charge in [-0.05, 0) is 50.6 Å². The van der Waals surface area contributed by atoms with E-state index in [1.165, 1.54) is 6.92 Å². The van der Waals surface area contributed by atoms with Crippen LogP contribution in [-0.2, 0) is 30.3 Å². The van der Waals surface area contributed by atoms with Gasteiger partial charge in [0.25, 0.3) is 0 Å². The highest BCUT2D eigenvalue weighted by Crippen LogP contribution is 2.37. The van der Waals surface area contributed by atoms with Crippen LogP contribution in [0.15, 0.2) is 33.7 Å². The maximum absolute atomic E-state index is 12.6. The summed E-state index contributed by atoms with van der Waals surface area (Å²) in [6.45, 7) is 5.10. The van der Waals surface area contributed by atoms with Crippen molar-refractivity contribution in [2.75, 3.05) is 13.2 Å². The van der Waals surface area contributed by atoms with E-state index in [0.717, 1.165) is 4.88 Å². The first-order chi connectivity index (χ1) is 12.8. The molecule has 27 heavy (non-hydrogen) atoms. The van der Waals surface area contributed by atoms with E-state index in [2.05, 4.69) is 4.99 Å². The molecule has 0 saturated heterocycles. The number of hydrogen-bond donors (Lipinski definition) is 1. The van der Waals surface area contributed by atoms with Crippen molar-refractivity contribution >= 4 is 35.0 Å². The third-order valence-corrected chi connectivity index (χ3v) is 5.19. The summed E-state index contributed by atoms with van der Waals surface area (Å²) < 4.78 is 10.1. The molecule has 0 aromatic carbocycles. The van der Waals surface area contributed by atoms with E-state index >= 15 is 0 Å². The largest absolute Gasteiger partial charge is 0.479 e. The summed E-state index contributed by atoms with van der Waals surface area (Å²) in [6.07, 6.45) is 0.627. The van der Waals surface area contributed by atoms with Crippen molar-refractivity contribution in [3.05, 3.63) is 33.5 Å². The van der Waals surface area contributed by atoms with E-state index in [1.807, 2.05) is 17.5 Å². The minimum absolute atomic E-state index is 0.0892. The van der Waals surface area contributed by atoms with Gasteiger partial charge in [-0.15, -0.1) is 11.3 Å². The number of nitrogens with zero attached hydrogens (tertiary/aromatic N) is 1. The molecule has 0 fully saturated rings. The number of aryl methyl sites for hydroxylation is 1. The number of aliphatic imine (C=N–C) groups is 1. The molecule has 1 aliphatic heterocycles. The van der Waals surface area contributed by atoms with Gasteiger partial charge in [0, 0.05) is 4.88 Å². The maximum atomic E-state index is 12.6. The van der Waals surface area contributed by atoms with Gasteiger partial charge in [0.2, 0.25) is 0 Å². The van der Waals surface area contributed by atoms with E-state index < -0.39 is 23.4 Å². The van der Waals surface area contributed by atoms with Gasteiger partial charge < -0.3 is 14.6 Å². The van der Waals surface area contributed by atoms with Crippen LogP contribution in [0.4, 0.5) is 0 Å². The van der Waals surface area contributed by atoms with E-state index in [0.29, 0.717) is 18.4 Å². The Hall–Kier alpha value is -2.48. The number of rotatable bonds is 9. The monoisotopic (exact) mass is 393 g/mol. The summed E-state index contributed by atoms with van der Waals surface area (Å²) in [5.74, 6) is -2.40. The average molecular weight is 393 g/mol. The predicted octanol–water partition coefficient (Wildman–Crippen LogP) is 2.79. The lowest BCUT2D eigenvalue weighted by atomic mass is 9.87. The highest BCUT2D eigenvalue weighted by atomic mass is 32.1. The van der Waals surface area contributed by atoms with Crippen LogP contribution >= 0.6 is 11.3 Å².